The highest BCUT2D eigenvalue weighted by Gasteiger charge is 2.20. The molecule has 0 atom stereocenters. The van der Waals surface area contributed by atoms with E-state index in [0.29, 0.717) is 23.5 Å². The Labute approximate surface area is 125 Å². The summed E-state index contributed by atoms with van der Waals surface area (Å²) in [5.41, 5.74) is 0.831. The maximum Gasteiger partial charge on any atom is 0.338 e. The maximum atomic E-state index is 11.8. The SMILES string of the molecule is Cc1sc(NC(=O)NCCc2ccco2)c(C(=O)O)c1C. The van der Waals surface area contributed by atoms with Gasteiger partial charge in [0.25, 0.3) is 0 Å². The highest BCUT2D eigenvalue weighted by molar-refractivity contribution is 7.16. The monoisotopic (exact) mass is 308 g/mol. The Morgan fingerprint density at radius 1 is 1.38 bits per heavy atom. The first kappa shape index (κ1) is 15.1. The van der Waals surface area contributed by atoms with E-state index in [2.05, 4.69) is 10.6 Å². The van der Waals surface area contributed by atoms with Crippen molar-refractivity contribution in [2.45, 2.75) is 20.3 Å². The van der Waals surface area contributed by atoms with Gasteiger partial charge in [0.05, 0.1) is 11.8 Å². The smallest absolute Gasteiger partial charge is 0.338 e. The number of nitrogens with one attached hydrogen (secondary N) is 2. The molecule has 0 bridgehead atoms. The summed E-state index contributed by atoms with van der Waals surface area (Å²) in [6.45, 7) is 3.97. The van der Waals surface area contributed by atoms with Gasteiger partial charge in [-0.25, -0.2) is 9.59 Å². The molecule has 0 radical (unpaired) electrons. The third-order valence-electron chi connectivity index (χ3n) is 3.06. The topological polar surface area (TPSA) is 91.6 Å². The number of rotatable bonds is 5. The van der Waals surface area contributed by atoms with Crippen molar-refractivity contribution in [2.75, 3.05) is 11.9 Å². The number of carboxylic acid groups (broad SMARTS) is 1. The fourth-order valence-corrected chi connectivity index (χ4v) is 2.92. The van der Waals surface area contributed by atoms with Gasteiger partial charge in [0.15, 0.2) is 0 Å². The zero-order valence-electron chi connectivity index (χ0n) is 11.7. The molecule has 0 aliphatic carbocycles. The van der Waals surface area contributed by atoms with E-state index < -0.39 is 12.0 Å². The molecule has 112 valence electrons. The largest absolute Gasteiger partial charge is 0.478 e. The number of amides is 2. The molecule has 7 heteroatoms. The molecule has 2 aromatic heterocycles. The van der Waals surface area contributed by atoms with Gasteiger partial charge in [0.2, 0.25) is 0 Å². The van der Waals surface area contributed by atoms with Crippen LogP contribution in [0.15, 0.2) is 22.8 Å². The minimum atomic E-state index is -1.04. The maximum absolute atomic E-state index is 11.8. The van der Waals surface area contributed by atoms with Crippen LogP contribution in [0.1, 0.15) is 26.6 Å². The molecule has 0 fully saturated rings. The minimum absolute atomic E-state index is 0.152. The lowest BCUT2D eigenvalue weighted by Gasteiger charge is -2.06. The van der Waals surface area contributed by atoms with Crippen molar-refractivity contribution >= 4 is 28.3 Å². The van der Waals surface area contributed by atoms with Gasteiger partial charge in [-0.05, 0) is 31.5 Å². The van der Waals surface area contributed by atoms with Gasteiger partial charge in [-0.1, -0.05) is 0 Å². The van der Waals surface area contributed by atoms with Crippen molar-refractivity contribution in [2.24, 2.45) is 0 Å². The van der Waals surface area contributed by atoms with E-state index in [4.69, 9.17) is 4.42 Å². The molecule has 2 rings (SSSR count). The third kappa shape index (κ3) is 3.63. The van der Waals surface area contributed by atoms with E-state index >= 15 is 0 Å². The van der Waals surface area contributed by atoms with Crippen molar-refractivity contribution in [1.29, 1.82) is 0 Å². The molecule has 2 heterocycles. The summed E-state index contributed by atoms with van der Waals surface area (Å²) in [5, 5.41) is 14.8. The summed E-state index contributed by atoms with van der Waals surface area (Å²) in [5.74, 6) is -0.257. The van der Waals surface area contributed by atoms with E-state index in [1.807, 2.05) is 13.0 Å². The zero-order chi connectivity index (χ0) is 15.4. The summed E-state index contributed by atoms with van der Waals surface area (Å²) >= 11 is 1.26. The number of anilines is 1. The van der Waals surface area contributed by atoms with Gasteiger partial charge < -0.3 is 14.8 Å². The van der Waals surface area contributed by atoms with E-state index in [1.165, 1.54) is 11.3 Å². The Bertz CT molecular complexity index is 646. The summed E-state index contributed by atoms with van der Waals surface area (Å²) in [7, 11) is 0. The van der Waals surface area contributed by atoms with Crippen molar-refractivity contribution in [3.05, 3.63) is 40.2 Å². The van der Waals surface area contributed by atoms with E-state index in [-0.39, 0.29) is 5.56 Å². The van der Waals surface area contributed by atoms with Crippen molar-refractivity contribution in [1.82, 2.24) is 5.32 Å². The Morgan fingerprint density at radius 2 is 2.14 bits per heavy atom. The molecule has 0 aliphatic heterocycles. The van der Waals surface area contributed by atoms with Gasteiger partial charge in [0, 0.05) is 17.8 Å². The van der Waals surface area contributed by atoms with Crippen LogP contribution in [0.4, 0.5) is 9.80 Å². The molecule has 0 unspecified atom stereocenters. The number of hydrogen-bond acceptors (Lipinski definition) is 4. The Balaban J connectivity index is 1.93. The highest BCUT2D eigenvalue weighted by atomic mass is 32.1. The van der Waals surface area contributed by atoms with Crippen molar-refractivity contribution in [3.63, 3.8) is 0 Å². The summed E-state index contributed by atoms with van der Waals surface area (Å²) in [6, 6.07) is 3.19. The predicted molar refractivity (Wildman–Crippen MR) is 80.2 cm³/mol. The van der Waals surface area contributed by atoms with Crippen LogP contribution < -0.4 is 10.6 Å². The molecule has 0 aromatic carbocycles. The first-order valence-electron chi connectivity index (χ1n) is 6.39. The van der Waals surface area contributed by atoms with E-state index in [1.54, 1.807) is 19.3 Å². The van der Waals surface area contributed by atoms with Gasteiger partial charge in [-0.2, -0.15) is 0 Å². The standard InChI is InChI=1S/C14H16N2O4S/c1-8-9(2)21-12(11(8)13(17)18)16-14(19)15-6-5-10-4-3-7-20-10/h3-4,7H,5-6H2,1-2H3,(H,17,18)(H2,15,16,19). The van der Waals surface area contributed by atoms with Gasteiger partial charge in [-0.15, -0.1) is 11.3 Å². The number of aryl methyl sites for hydroxylation is 1. The van der Waals surface area contributed by atoms with Crippen LogP contribution in [0.2, 0.25) is 0 Å². The quantitative estimate of drug-likeness (QED) is 0.791. The number of carboxylic acids is 1. The molecule has 21 heavy (non-hydrogen) atoms. The average molecular weight is 308 g/mol. The predicted octanol–water partition coefficient (Wildman–Crippen LogP) is 3.02. The molecule has 0 aliphatic rings. The third-order valence-corrected chi connectivity index (χ3v) is 4.19. The normalized spacial score (nSPS) is 10.4. The van der Waals surface area contributed by atoms with Crippen molar-refractivity contribution < 1.29 is 19.1 Å². The lowest BCUT2D eigenvalue weighted by Crippen LogP contribution is -2.30. The lowest BCUT2D eigenvalue weighted by molar-refractivity contribution is 0.0697. The van der Waals surface area contributed by atoms with Crippen LogP contribution in [0, 0.1) is 13.8 Å². The van der Waals surface area contributed by atoms with E-state index in [0.717, 1.165) is 10.6 Å². The second-order valence-electron chi connectivity index (χ2n) is 4.50. The number of hydrogen-bond donors (Lipinski definition) is 3. The Kier molecular flexibility index (Phi) is 4.64. The lowest BCUT2D eigenvalue weighted by atomic mass is 10.1. The van der Waals surface area contributed by atoms with Crippen molar-refractivity contribution in [3.8, 4) is 0 Å². The molecule has 6 nitrogen and oxygen atoms in total. The van der Waals surface area contributed by atoms with Gasteiger partial charge in [0.1, 0.15) is 10.8 Å². The van der Waals surface area contributed by atoms with Gasteiger partial charge in [-0.3, -0.25) is 5.32 Å². The Morgan fingerprint density at radius 3 is 2.76 bits per heavy atom. The zero-order valence-corrected chi connectivity index (χ0v) is 12.5. The number of aromatic carboxylic acids is 1. The van der Waals surface area contributed by atoms with Crippen LogP contribution in [0.3, 0.4) is 0 Å². The number of carbonyl (C=O) groups is 2. The highest BCUT2D eigenvalue weighted by Crippen LogP contribution is 2.32. The molecule has 0 saturated heterocycles. The van der Waals surface area contributed by atoms with Crippen LogP contribution >= 0.6 is 11.3 Å². The summed E-state index contributed by atoms with van der Waals surface area (Å²) in [6.07, 6.45) is 2.15. The number of thiophene rings is 1. The van der Waals surface area contributed by atoms with Crippen LogP contribution in [0.5, 0.6) is 0 Å². The minimum Gasteiger partial charge on any atom is -0.478 e. The number of furan rings is 1. The molecule has 0 saturated carbocycles. The molecular weight excluding hydrogens is 292 g/mol. The first-order chi connectivity index (χ1) is 9.99. The van der Waals surface area contributed by atoms with Crippen LogP contribution in [0.25, 0.3) is 0 Å². The van der Waals surface area contributed by atoms with E-state index in [9.17, 15) is 14.7 Å². The summed E-state index contributed by atoms with van der Waals surface area (Å²) < 4.78 is 5.16. The molecule has 0 spiro atoms. The molecule has 2 amide bonds. The Hall–Kier alpha value is -2.28. The number of carbonyl (C=O) groups excluding carboxylic acids is 1. The number of urea groups is 1. The fourth-order valence-electron chi connectivity index (χ4n) is 1.87. The fraction of sp³-hybridized carbons (Fsp3) is 0.286. The second kappa shape index (κ2) is 6.45. The van der Waals surface area contributed by atoms with Gasteiger partial charge >= 0.3 is 12.0 Å². The molecular formula is C14H16N2O4S. The summed E-state index contributed by atoms with van der Waals surface area (Å²) in [4.78, 5) is 23.9. The van der Waals surface area contributed by atoms with Crippen LogP contribution in [-0.2, 0) is 6.42 Å². The molecule has 3 N–H and O–H groups in total. The average Bonchev–Trinajstić information content (AvgIpc) is 2.99. The van der Waals surface area contributed by atoms with Crippen LogP contribution in [-0.4, -0.2) is 23.7 Å². The second-order valence-corrected chi connectivity index (χ2v) is 5.73. The first-order valence-corrected chi connectivity index (χ1v) is 7.21. The molecule has 2 aromatic rings.